The van der Waals surface area contributed by atoms with Crippen molar-refractivity contribution in [1.29, 1.82) is 0 Å². The van der Waals surface area contributed by atoms with E-state index in [1.807, 2.05) is 12.5 Å². The molecule has 4 heteroatoms. The molecule has 2 atom stereocenters. The molecule has 1 N–H and O–H groups in total. The molecule has 1 aliphatic heterocycles. The number of hydrogen-bond acceptors (Lipinski definition) is 3. The van der Waals surface area contributed by atoms with Crippen LogP contribution in [0, 0.1) is 0 Å². The Labute approximate surface area is 90.6 Å². The van der Waals surface area contributed by atoms with Crippen molar-refractivity contribution in [3.05, 3.63) is 18.2 Å². The molecule has 2 rings (SSSR count). The van der Waals surface area contributed by atoms with Gasteiger partial charge in [0.25, 0.3) is 0 Å². The molecule has 15 heavy (non-hydrogen) atoms. The molecule has 1 aromatic heterocycles. The normalized spacial score (nSPS) is 26.0. The van der Waals surface area contributed by atoms with Gasteiger partial charge in [0.1, 0.15) is 0 Å². The van der Waals surface area contributed by atoms with E-state index in [2.05, 4.69) is 28.7 Å². The number of rotatable bonds is 4. The lowest BCUT2D eigenvalue weighted by molar-refractivity contribution is 0.107. The molecule has 0 bridgehead atoms. The summed E-state index contributed by atoms with van der Waals surface area (Å²) in [6, 6.07) is 0.459. The Hall–Kier alpha value is -0.870. The van der Waals surface area contributed by atoms with E-state index in [1.54, 1.807) is 0 Å². The largest absolute Gasteiger partial charge is 0.376 e. The second-order valence-electron chi connectivity index (χ2n) is 4.00. The zero-order valence-corrected chi connectivity index (χ0v) is 9.44. The van der Waals surface area contributed by atoms with E-state index in [1.165, 1.54) is 5.69 Å². The fourth-order valence-electron chi connectivity index (χ4n) is 2.11. The summed E-state index contributed by atoms with van der Waals surface area (Å²) in [6.07, 6.45) is 5.26. The highest BCUT2D eigenvalue weighted by atomic mass is 16.5. The molecular formula is C11H19N3O. The molecule has 1 aromatic rings. The lowest BCUT2D eigenvalue weighted by Crippen LogP contribution is -2.21. The predicted octanol–water partition coefficient (Wildman–Crippen LogP) is 1.34. The Kier molecular flexibility index (Phi) is 3.38. The summed E-state index contributed by atoms with van der Waals surface area (Å²) in [4.78, 5) is 4.22. The summed E-state index contributed by atoms with van der Waals surface area (Å²) in [5.41, 5.74) is 1.25. The standard InChI is InChI=1S/C11H19N3O/c1-3-12-6-10-7-13-8-14(10)11-4-5-15-9(11)2/h7-9,11-12H,3-6H2,1-2H3. The zero-order valence-electron chi connectivity index (χ0n) is 9.44. The van der Waals surface area contributed by atoms with Crippen molar-refractivity contribution in [2.75, 3.05) is 13.2 Å². The number of hydrogen-bond donors (Lipinski definition) is 1. The van der Waals surface area contributed by atoms with Gasteiger partial charge >= 0.3 is 0 Å². The Morgan fingerprint density at radius 2 is 2.53 bits per heavy atom. The molecule has 0 saturated carbocycles. The van der Waals surface area contributed by atoms with Crippen molar-refractivity contribution in [1.82, 2.24) is 14.9 Å². The van der Waals surface area contributed by atoms with Crippen molar-refractivity contribution in [3.63, 3.8) is 0 Å². The van der Waals surface area contributed by atoms with Gasteiger partial charge in [-0.15, -0.1) is 0 Å². The zero-order chi connectivity index (χ0) is 10.7. The van der Waals surface area contributed by atoms with E-state index in [0.717, 1.165) is 26.1 Å². The molecule has 1 aliphatic rings. The van der Waals surface area contributed by atoms with Crippen LogP contribution in [0.4, 0.5) is 0 Å². The molecular weight excluding hydrogens is 190 g/mol. The van der Waals surface area contributed by atoms with E-state index in [4.69, 9.17) is 4.74 Å². The minimum absolute atomic E-state index is 0.305. The molecule has 2 heterocycles. The number of ether oxygens (including phenoxy) is 1. The van der Waals surface area contributed by atoms with Gasteiger partial charge in [0.2, 0.25) is 0 Å². The van der Waals surface area contributed by atoms with Crippen LogP contribution in [0.15, 0.2) is 12.5 Å². The Bertz CT molecular complexity index is 311. The summed E-state index contributed by atoms with van der Waals surface area (Å²) >= 11 is 0. The molecule has 1 saturated heterocycles. The smallest absolute Gasteiger partial charge is 0.0952 e. The van der Waals surface area contributed by atoms with Gasteiger partial charge in [0.05, 0.1) is 24.2 Å². The molecule has 0 aromatic carbocycles. The number of nitrogens with zero attached hydrogens (tertiary/aromatic N) is 2. The van der Waals surface area contributed by atoms with Crippen LogP contribution in [0.5, 0.6) is 0 Å². The lowest BCUT2D eigenvalue weighted by Gasteiger charge is -2.18. The Balaban J connectivity index is 2.09. The maximum absolute atomic E-state index is 5.58. The highest BCUT2D eigenvalue weighted by molar-refractivity contribution is 5.02. The summed E-state index contributed by atoms with van der Waals surface area (Å²) < 4.78 is 7.83. The first-order valence-electron chi connectivity index (χ1n) is 5.66. The van der Waals surface area contributed by atoms with Crippen LogP contribution in [0.2, 0.25) is 0 Å². The summed E-state index contributed by atoms with van der Waals surface area (Å²) in [5.74, 6) is 0. The van der Waals surface area contributed by atoms with Crippen molar-refractivity contribution in [2.45, 2.75) is 39.0 Å². The van der Waals surface area contributed by atoms with E-state index in [-0.39, 0.29) is 0 Å². The Morgan fingerprint density at radius 3 is 3.20 bits per heavy atom. The van der Waals surface area contributed by atoms with E-state index >= 15 is 0 Å². The van der Waals surface area contributed by atoms with Gasteiger partial charge in [-0.05, 0) is 19.9 Å². The van der Waals surface area contributed by atoms with E-state index in [9.17, 15) is 0 Å². The predicted molar refractivity (Wildman–Crippen MR) is 58.7 cm³/mol. The maximum atomic E-state index is 5.58. The van der Waals surface area contributed by atoms with Gasteiger partial charge in [0.15, 0.2) is 0 Å². The van der Waals surface area contributed by atoms with Gasteiger partial charge < -0.3 is 14.6 Å². The average molecular weight is 209 g/mol. The van der Waals surface area contributed by atoms with Gasteiger partial charge in [-0.2, -0.15) is 0 Å². The molecule has 0 spiro atoms. The van der Waals surface area contributed by atoms with Crippen molar-refractivity contribution >= 4 is 0 Å². The topological polar surface area (TPSA) is 39.1 Å². The third kappa shape index (κ3) is 2.21. The van der Waals surface area contributed by atoms with Crippen molar-refractivity contribution < 1.29 is 4.74 Å². The second kappa shape index (κ2) is 4.77. The summed E-state index contributed by atoms with van der Waals surface area (Å²) in [6.45, 7) is 6.99. The van der Waals surface area contributed by atoms with Crippen LogP contribution >= 0.6 is 0 Å². The Morgan fingerprint density at radius 1 is 1.67 bits per heavy atom. The molecule has 4 nitrogen and oxygen atoms in total. The second-order valence-corrected chi connectivity index (χ2v) is 4.00. The van der Waals surface area contributed by atoms with Gasteiger partial charge in [-0.25, -0.2) is 4.98 Å². The molecule has 1 fully saturated rings. The molecule has 84 valence electrons. The van der Waals surface area contributed by atoms with Gasteiger partial charge in [-0.1, -0.05) is 6.92 Å². The number of aromatic nitrogens is 2. The molecule has 0 aliphatic carbocycles. The van der Waals surface area contributed by atoms with Crippen molar-refractivity contribution in [3.8, 4) is 0 Å². The summed E-state index contributed by atoms with van der Waals surface area (Å²) in [7, 11) is 0. The van der Waals surface area contributed by atoms with Gasteiger partial charge in [-0.3, -0.25) is 0 Å². The third-order valence-electron chi connectivity index (χ3n) is 3.00. The van der Waals surface area contributed by atoms with E-state index in [0.29, 0.717) is 12.1 Å². The maximum Gasteiger partial charge on any atom is 0.0952 e. The van der Waals surface area contributed by atoms with Crippen LogP contribution in [0.25, 0.3) is 0 Å². The fraction of sp³-hybridized carbons (Fsp3) is 0.727. The quantitative estimate of drug-likeness (QED) is 0.813. The molecule has 0 amide bonds. The van der Waals surface area contributed by atoms with Crippen LogP contribution < -0.4 is 5.32 Å². The number of nitrogens with one attached hydrogen (secondary N) is 1. The average Bonchev–Trinajstić information content (AvgIpc) is 2.82. The first-order valence-corrected chi connectivity index (χ1v) is 5.66. The van der Waals surface area contributed by atoms with Crippen molar-refractivity contribution in [2.24, 2.45) is 0 Å². The third-order valence-corrected chi connectivity index (χ3v) is 3.00. The lowest BCUT2D eigenvalue weighted by atomic mass is 10.1. The van der Waals surface area contributed by atoms with Gasteiger partial charge in [0, 0.05) is 19.3 Å². The van der Waals surface area contributed by atoms with Crippen LogP contribution in [0.1, 0.15) is 32.0 Å². The molecule has 2 unspecified atom stereocenters. The minimum Gasteiger partial charge on any atom is -0.376 e. The fourth-order valence-corrected chi connectivity index (χ4v) is 2.11. The summed E-state index contributed by atoms with van der Waals surface area (Å²) in [5, 5.41) is 3.33. The monoisotopic (exact) mass is 209 g/mol. The first-order chi connectivity index (χ1) is 7.33. The highest BCUT2D eigenvalue weighted by Gasteiger charge is 2.26. The highest BCUT2D eigenvalue weighted by Crippen LogP contribution is 2.26. The SMILES string of the molecule is CCNCc1cncn1C1CCOC1C. The minimum atomic E-state index is 0.305. The molecule has 0 radical (unpaired) electrons. The number of imidazole rings is 1. The van der Waals surface area contributed by atoms with Crippen LogP contribution in [0.3, 0.4) is 0 Å². The first kappa shape index (κ1) is 10.6. The van der Waals surface area contributed by atoms with Crippen LogP contribution in [-0.2, 0) is 11.3 Å². The van der Waals surface area contributed by atoms with E-state index < -0.39 is 0 Å². The van der Waals surface area contributed by atoms with Crippen LogP contribution in [-0.4, -0.2) is 28.8 Å².